The first-order valence-electron chi connectivity index (χ1n) is 15.5. The molecule has 1 saturated carbocycles. The maximum atomic E-state index is 13.8. The number of esters is 1. The number of β-amino-alcohol motifs (C(OH)–C–C–N with tert-alkyl or cyclic N) is 1. The number of amides is 1. The van der Waals surface area contributed by atoms with Gasteiger partial charge < -0.3 is 9.84 Å². The van der Waals surface area contributed by atoms with Gasteiger partial charge >= 0.3 is 5.97 Å². The Morgan fingerprint density at radius 2 is 1.68 bits per heavy atom. The molecule has 4 atom stereocenters. The van der Waals surface area contributed by atoms with E-state index in [1.165, 1.54) is 11.1 Å². The zero-order chi connectivity index (χ0) is 33.5. The number of hydrogen-bond acceptors (Lipinski definition) is 7. The van der Waals surface area contributed by atoms with Gasteiger partial charge in [0.25, 0.3) is 5.91 Å². The second kappa shape index (κ2) is 13.5. The van der Waals surface area contributed by atoms with E-state index in [9.17, 15) is 23.1 Å². The molecule has 9 nitrogen and oxygen atoms in total. The normalized spacial score (nSPS) is 23.9. The summed E-state index contributed by atoms with van der Waals surface area (Å²) in [6.07, 6.45) is 3.36. The van der Waals surface area contributed by atoms with E-state index in [0.717, 1.165) is 57.1 Å². The molecule has 3 aromatic rings. The first kappa shape index (κ1) is 33.4. The lowest BCUT2D eigenvalue weighted by Crippen LogP contribution is -2.42. The van der Waals surface area contributed by atoms with Crippen molar-refractivity contribution < 1.29 is 27.9 Å². The van der Waals surface area contributed by atoms with Crippen molar-refractivity contribution >= 4 is 56.9 Å². The highest BCUT2D eigenvalue weighted by Gasteiger charge is 2.46. The SMILES string of the molecule is Cc1ccc(S(=O)(=O)N2C[C@H](O)C[C@@H]2C(=O)OCC(=O)N2N=C3/C(=C\c4ccc(Cl)cc4)CCC[C@@H]3[C@H]2c2ccc(Cl)cc2)cc1C. The van der Waals surface area contributed by atoms with Crippen LogP contribution in [0.2, 0.25) is 10.0 Å². The number of hydrogen-bond donors (Lipinski definition) is 1. The number of sulfonamides is 1. The van der Waals surface area contributed by atoms with E-state index >= 15 is 0 Å². The van der Waals surface area contributed by atoms with Crippen LogP contribution >= 0.6 is 23.2 Å². The second-order valence-electron chi connectivity index (χ2n) is 12.3. The summed E-state index contributed by atoms with van der Waals surface area (Å²) in [4.78, 5) is 27.2. The largest absolute Gasteiger partial charge is 0.454 e. The number of aryl methyl sites for hydroxylation is 2. The van der Waals surface area contributed by atoms with Gasteiger partial charge in [-0.3, -0.25) is 9.59 Å². The maximum Gasteiger partial charge on any atom is 0.325 e. The Labute approximate surface area is 284 Å². The predicted octanol–water partition coefficient (Wildman–Crippen LogP) is 6.10. The predicted molar refractivity (Wildman–Crippen MR) is 180 cm³/mol. The van der Waals surface area contributed by atoms with Crippen molar-refractivity contribution in [1.29, 1.82) is 0 Å². The Morgan fingerprint density at radius 3 is 2.36 bits per heavy atom. The summed E-state index contributed by atoms with van der Waals surface area (Å²) in [6.45, 7) is 2.77. The topological polar surface area (TPSA) is 117 Å². The average molecular weight is 697 g/mol. The number of allylic oxidation sites excluding steroid dienone is 1. The molecule has 246 valence electrons. The minimum atomic E-state index is -4.13. The minimum absolute atomic E-state index is 0.0207. The van der Waals surface area contributed by atoms with Crippen LogP contribution in [-0.4, -0.2) is 65.7 Å². The van der Waals surface area contributed by atoms with E-state index < -0.39 is 46.7 Å². The van der Waals surface area contributed by atoms with Crippen LogP contribution < -0.4 is 0 Å². The zero-order valence-electron chi connectivity index (χ0n) is 26.0. The molecular formula is C35H35Cl2N3O6S. The lowest BCUT2D eigenvalue weighted by Gasteiger charge is -2.29. The molecule has 1 saturated heterocycles. The Morgan fingerprint density at radius 1 is 1.00 bits per heavy atom. The van der Waals surface area contributed by atoms with E-state index in [1.807, 2.05) is 43.3 Å². The smallest absolute Gasteiger partial charge is 0.325 e. The standard InChI is InChI=1S/C35H35Cl2N3O6S/c1-21-6-15-29(16-22(21)2)47(44,45)39-19-28(41)18-31(39)35(43)46-20-32(42)40-34(24-9-13-27(37)14-10-24)30-5-3-4-25(33(30)38-40)17-23-7-11-26(36)12-8-23/h6-17,28,30-31,34,41H,3-5,18-20H2,1-2H3/b25-17-/t28-,30+,31-,34-/m1/s1. The van der Waals surface area contributed by atoms with Gasteiger partial charge in [-0.1, -0.05) is 53.5 Å². The van der Waals surface area contributed by atoms with Gasteiger partial charge in [0.05, 0.1) is 22.8 Å². The number of carbonyl (C=O) groups excluding carboxylic acids is 2. The molecule has 0 unspecified atom stereocenters. The molecule has 1 amide bonds. The van der Waals surface area contributed by atoms with Crippen LogP contribution in [0.15, 0.2) is 82.3 Å². The Hall–Kier alpha value is -3.54. The number of nitrogens with zero attached hydrogens (tertiary/aromatic N) is 3. The summed E-state index contributed by atoms with van der Waals surface area (Å²) in [5.74, 6) is -1.54. The number of fused-ring (bicyclic) bond motifs is 1. The third-order valence-corrected chi connectivity index (χ3v) is 11.5. The lowest BCUT2D eigenvalue weighted by atomic mass is 9.77. The summed E-state index contributed by atoms with van der Waals surface area (Å²) in [7, 11) is -4.13. The van der Waals surface area contributed by atoms with Gasteiger partial charge in [-0.05, 0) is 103 Å². The average Bonchev–Trinajstić information content (AvgIpc) is 3.65. The van der Waals surface area contributed by atoms with Crippen molar-refractivity contribution in [1.82, 2.24) is 9.31 Å². The number of hydrazone groups is 1. The number of aliphatic hydroxyl groups is 1. The first-order chi connectivity index (χ1) is 22.4. The number of benzene rings is 3. The fraction of sp³-hybridized carbons (Fsp3) is 0.343. The van der Waals surface area contributed by atoms with Crippen LogP contribution in [0, 0.1) is 19.8 Å². The van der Waals surface area contributed by atoms with Gasteiger partial charge in [0, 0.05) is 28.9 Å². The summed E-state index contributed by atoms with van der Waals surface area (Å²) in [5.41, 5.74) is 5.33. The van der Waals surface area contributed by atoms with E-state index in [2.05, 4.69) is 6.08 Å². The number of rotatable bonds is 7. The Balaban J connectivity index is 1.24. The maximum absolute atomic E-state index is 13.8. The summed E-state index contributed by atoms with van der Waals surface area (Å²) in [5, 5.41) is 17.8. The minimum Gasteiger partial charge on any atom is -0.454 e. The van der Waals surface area contributed by atoms with E-state index in [4.69, 9.17) is 33.0 Å². The number of aliphatic hydroxyl groups excluding tert-OH is 1. The van der Waals surface area contributed by atoms with Gasteiger partial charge in [0.1, 0.15) is 6.04 Å². The Bertz CT molecular complexity index is 1860. The molecule has 2 heterocycles. The molecule has 0 bridgehead atoms. The first-order valence-corrected chi connectivity index (χ1v) is 17.7. The van der Waals surface area contributed by atoms with Gasteiger partial charge in [-0.15, -0.1) is 0 Å². The fourth-order valence-electron chi connectivity index (χ4n) is 6.53. The second-order valence-corrected chi connectivity index (χ2v) is 15.0. The van der Waals surface area contributed by atoms with Crippen molar-refractivity contribution in [2.45, 2.75) is 62.6 Å². The van der Waals surface area contributed by atoms with Crippen molar-refractivity contribution in [2.24, 2.45) is 11.0 Å². The van der Waals surface area contributed by atoms with E-state index in [-0.39, 0.29) is 23.8 Å². The van der Waals surface area contributed by atoms with Crippen molar-refractivity contribution in [3.05, 3.63) is 105 Å². The van der Waals surface area contributed by atoms with Crippen LogP contribution in [0.4, 0.5) is 0 Å². The van der Waals surface area contributed by atoms with Gasteiger partial charge in [-0.2, -0.15) is 9.41 Å². The number of ether oxygens (including phenoxy) is 1. The molecule has 2 fully saturated rings. The van der Waals surface area contributed by atoms with E-state index in [0.29, 0.717) is 10.0 Å². The monoisotopic (exact) mass is 695 g/mol. The molecule has 1 N–H and O–H groups in total. The van der Waals surface area contributed by atoms with Gasteiger partial charge in [-0.25, -0.2) is 13.4 Å². The lowest BCUT2D eigenvalue weighted by molar-refractivity contribution is -0.155. The number of halogens is 2. The molecule has 0 aromatic heterocycles. The molecular weight excluding hydrogens is 661 g/mol. The Kier molecular flexibility index (Phi) is 9.60. The fourth-order valence-corrected chi connectivity index (χ4v) is 8.49. The summed E-state index contributed by atoms with van der Waals surface area (Å²) >= 11 is 12.3. The van der Waals surface area contributed by atoms with Gasteiger partial charge in [0.15, 0.2) is 6.61 Å². The van der Waals surface area contributed by atoms with Crippen molar-refractivity contribution in [3.63, 3.8) is 0 Å². The zero-order valence-corrected chi connectivity index (χ0v) is 28.3. The molecule has 3 aliphatic rings. The third-order valence-electron chi connectivity index (χ3n) is 9.11. The molecule has 0 radical (unpaired) electrons. The molecule has 6 rings (SSSR count). The highest BCUT2D eigenvalue weighted by Crippen LogP contribution is 2.44. The molecule has 1 aliphatic carbocycles. The van der Waals surface area contributed by atoms with Crippen molar-refractivity contribution in [3.8, 4) is 0 Å². The highest BCUT2D eigenvalue weighted by atomic mass is 35.5. The van der Waals surface area contributed by atoms with Crippen molar-refractivity contribution in [2.75, 3.05) is 13.2 Å². The molecule has 3 aromatic carbocycles. The number of carbonyl (C=O) groups is 2. The van der Waals surface area contributed by atoms with Crippen LogP contribution in [0.25, 0.3) is 6.08 Å². The quantitative estimate of drug-likeness (QED) is 0.299. The summed E-state index contributed by atoms with van der Waals surface area (Å²) < 4.78 is 33.5. The van der Waals surface area contributed by atoms with Crippen LogP contribution in [0.3, 0.4) is 0 Å². The molecule has 2 aliphatic heterocycles. The highest BCUT2D eigenvalue weighted by molar-refractivity contribution is 7.89. The van der Waals surface area contributed by atoms with Crippen LogP contribution in [-0.2, 0) is 24.3 Å². The third kappa shape index (κ3) is 6.89. The van der Waals surface area contributed by atoms with Gasteiger partial charge in [0.2, 0.25) is 10.0 Å². The van der Waals surface area contributed by atoms with E-state index in [1.54, 1.807) is 31.2 Å². The van der Waals surface area contributed by atoms with Crippen LogP contribution in [0.5, 0.6) is 0 Å². The molecule has 0 spiro atoms. The molecule has 47 heavy (non-hydrogen) atoms. The van der Waals surface area contributed by atoms with Crippen LogP contribution in [0.1, 0.15) is 54.0 Å². The molecule has 12 heteroatoms. The summed E-state index contributed by atoms with van der Waals surface area (Å²) in [6, 6.07) is 17.8.